The zero-order valence-corrected chi connectivity index (χ0v) is 17.3. The minimum Gasteiger partial charge on any atom is -0.357 e. The first-order valence-corrected chi connectivity index (χ1v) is 9.66. The smallest absolute Gasteiger partial charge is 0.191 e. The molecule has 1 aliphatic rings. The summed E-state index contributed by atoms with van der Waals surface area (Å²) in [6.45, 7) is 5.54. The van der Waals surface area contributed by atoms with Gasteiger partial charge in [0.25, 0.3) is 0 Å². The highest BCUT2D eigenvalue weighted by Gasteiger charge is 2.15. The van der Waals surface area contributed by atoms with Crippen LogP contribution in [-0.2, 0) is 19.5 Å². The van der Waals surface area contributed by atoms with E-state index < -0.39 is 0 Å². The first-order valence-electron chi connectivity index (χ1n) is 8.27. The standard InChI is InChI=1S/C15H28N6S.HI/c1-3-16-15(17-9-5-7-11-22-2)18-12-14-20-19-13-8-4-6-10-21(13)14;/h3-12H2,1-2H3,(H2,16,17,18);1H. The number of halogens is 1. The molecule has 0 atom stereocenters. The Bertz CT molecular complexity index is 477. The number of aryl methyl sites for hydroxylation is 1. The molecule has 0 saturated carbocycles. The minimum absolute atomic E-state index is 0. The van der Waals surface area contributed by atoms with Gasteiger partial charge in [0.2, 0.25) is 0 Å². The zero-order valence-electron chi connectivity index (χ0n) is 14.2. The third-order valence-corrected chi connectivity index (χ3v) is 4.42. The molecule has 0 spiro atoms. The summed E-state index contributed by atoms with van der Waals surface area (Å²) in [6.07, 6.45) is 8.05. The highest BCUT2D eigenvalue weighted by atomic mass is 127. The molecule has 1 aromatic heterocycles. The van der Waals surface area contributed by atoms with Crippen molar-refractivity contribution in [1.82, 2.24) is 25.4 Å². The lowest BCUT2D eigenvalue weighted by Crippen LogP contribution is -2.37. The van der Waals surface area contributed by atoms with E-state index in [1.165, 1.54) is 31.4 Å². The molecule has 2 N–H and O–H groups in total. The van der Waals surface area contributed by atoms with E-state index in [0.29, 0.717) is 6.54 Å². The molecule has 0 amide bonds. The van der Waals surface area contributed by atoms with E-state index in [-0.39, 0.29) is 24.0 Å². The number of guanidine groups is 1. The van der Waals surface area contributed by atoms with Crippen LogP contribution in [0.15, 0.2) is 4.99 Å². The number of aliphatic imine (C=N–C) groups is 1. The minimum atomic E-state index is 0. The highest BCUT2D eigenvalue weighted by Crippen LogP contribution is 2.14. The van der Waals surface area contributed by atoms with Gasteiger partial charge in [-0.05, 0) is 44.6 Å². The van der Waals surface area contributed by atoms with Gasteiger partial charge in [0.05, 0.1) is 0 Å². The number of hydrogen-bond acceptors (Lipinski definition) is 4. The lowest BCUT2D eigenvalue weighted by Gasteiger charge is -2.14. The summed E-state index contributed by atoms with van der Waals surface area (Å²) in [5, 5.41) is 15.3. The SMILES string of the molecule is CCNC(=NCc1nnc2n1CCCC2)NCCCCSC.I. The average Bonchev–Trinajstić information content (AvgIpc) is 2.95. The maximum absolute atomic E-state index is 4.65. The highest BCUT2D eigenvalue weighted by molar-refractivity contribution is 14.0. The van der Waals surface area contributed by atoms with Gasteiger partial charge in [-0.25, -0.2) is 4.99 Å². The van der Waals surface area contributed by atoms with Crippen molar-refractivity contribution in [3.63, 3.8) is 0 Å². The third kappa shape index (κ3) is 6.86. The van der Waals surface area contributed by atoms with E-state index >= 15 is 0 Å². The number of aromatic nitrogens is 3. The second kappa shape index (κ2) is 11.9. The van der Waals surface area contributed by atoms with Gasteiger partial charge in [-0.2, -0.15) is 11.8 Å². The Morgan fingerprint density at radius 3 is 2.91 bits per heavy atom. The van der Waals surface area contributed by atoms with Crippen LogP contribution in [-0.4, -0.2) is 45.8 Å². The molecule has 132 valence electrons. The van der Waals surface area contributed by atoms with Crippen molar-refractivity contribution in [3.8, 4) is 0 Å². The molecule has 1 aromatic rings. The fraction of sp³-hybridized carbons (Fsp3) is 0.800. The second-order valence-corrected chi connectivity index (χ2v) is 6.45. The normalized spacial score (nSPS) is 14.1. The Morgan fingerprint density at radius 1 is 1.26 bits per heavy atom. The Balaban J connectivity index is 0.00000264. The number of nitrogens with zero attached hydrogens (tertiary/aromatic N) is 4. The van der Waals surface area contributed by atoms with E-state index in [1.807, 2.05) is 11.8 Å². The maximum Gasteiger partial charge on any atom is 0.191 e. The molecule has 0 radical (unpaired) electrons. The molecule has 0 aliphatic carbocycles. The molecule has 0 saturated heterocycles. The number of thioether (sulfide) groups is 1. The number of nitrogens with one attached hydrogen (secondary N) is 2. The van der Waals surface area contributed by atoms with Gasteiger partial charge in [-0.3, -0.25) is 0 Å². The molecule has 2 heterocycles. The third-order valence-electron chi connectivity index (χ3n) is 3.73. The van der Waals surface area contributed by atoms with E-state index in [1.54, 1.807) is 0 Å². The molecule has 8 heteroatoms. The summed E-state index contributed by atoms with van der Waals surface area (Å²) in [5.41, 5.74) is 0. The number of fused-ring (bicyclic) bond motifs is 1. The summed E-state index contributed by atoms with van der Waals surface area (Å²) in [6, 6.07) is 0. The first kappa shape index (κ1) is 20.5. The van der Waals surface area contributed by atoms with Crippen LogP contribution >= 0.6 is 35.7 Å². The van der Waals surface area contributed by atoms with Crippen LogP contribution in [0, 0.1) is 0 Å². The Hall–Kier alpha value is -0.510. The van der Waals surface area contributed by atoms with E-state index in [2.05, 4.69) is 43.6 Å². The molecule has 23 heavy (non-hydrogen) atoms. The van der Waals surface area contributed by atoms with Gasteiger partial charge in [0.15, 0.2) is 11.8 Å². The molecule has 0 aromatic carbocycles. The van der Waals surface area contributed by atoms with E-state index in [0.717, 1.165) is 43.7 Å². The molecule has 0 fully saturated rings. The van der Waals surface area contributed by atoms with Crippen molar-refractivity contribution < 1.29 is 0 Å². The molecular formula is C15H29IN6S. The van der Waals surface area contributed by atoms with Crippen molar-refractivity contribution in [3.05, 3.63) is 11.6 Å². The second-order valence-electron chi connectivity index (χ2n) is 5.46. The number of unbranched alkanes of at least 4 members (excludes halogenated alkanes) is 1. The van der Waals surface area contributed by atoms with Crippen LogP contribution in [0.2, 0.25) is 0 Å². The van der Waals surface area contributed by atoms with Gasteiger partial charge in [0, 0.05) is 26.1 Å². The van der Waals surface area contributed by atoms with E-state index in [9.17, 15) is 0 Å². The number of hydrogen-bond donors (Lipinski definition) is 2. The van der Waals surface area contributed by atoms with Crippen LogP contribution in [0.3, 0.4) is 0 Å². The predicted molar refractivity (Wildman–Crippen MR) is 109 cm³/mol. The van der Waals surface area contributed by atoms with Gasteiger partial charge >= 0.3 is 0 Å². The monoisotopic (exact) mass is 452 g/mol. The van der Waals surface area contributed by atoms with Crippen molar-refractivity contribution in [2.45, 2.75) is 52.1 Å². The van der Waals surface area contributed by atoms with Gasteiger partial charge in [-0.1, -0.05) is 0 Å². The van der Waals surface area contributed by atoms with Crippen molar-refractivity contribution in [2.24, 2.45) is 4.99 Å². The summed E-state index contributed by atoms with van der Waals surface area (Å²) in [7, 11) is 0. The number of rotatable bonds is 8. The van der Waals surface area contributed by atoms with Crippen LogP contribution in [0.5, 0.6) is 0 Å². The molecule has 6 nitrogen and oxygen atoms in total. The lowest BCUT2D eigenvalue weighted by molar-refractivity contribution is 0.508. The van der Waals surface area contributed by atoms with Crippen LogP contribution in [0.25, 0.3) is 0 Å². The summed E-state index contributed by atoms with van der Waals surface area (Å²) >= 11 is 1.90. The largest absolute Gasteiger partial charge is 0.357 e. The topological polar surface area (TPSA) is 67.1 Å². The Labute approximate surface area is 160 Å². The maximum atomic E-state index is 4.65. The quantitative estimate of drug-likeness (QED) is 0.275. The molecule has 2 rings (SSSR count). The molecule has 0 bridgehead atoms. The van der Waals surface area contributed by atoms with E-state index in [4.69, 9.17) is 0 Å². The lowest BCUT2D eigenvalue weighted by atomic mass is 10.2. The van der Waals surface area contributed by atoms with Crippen LogP contribution in [0.4, 0.5) is 0 Å². The average molecular weight is 452 g/mol. The zero-order chi connectivity index (χ0) is 15.6. The van der Waals surface area contributed by atoms with Gasteiger partial charge in [-0.15, -0.1) is 34.2 Å². The fourth-order valence-corrected chi connectivity index (χ4v) is 3.05. The van der Waals surface area contributed by atoms with Gasteiger partial charge in [0.1, 0.15) is 12.4 Å². The molecule has 1 aliphatic heterocycles. The molecular weight excluding hydrogens is 423 g/mol. The fourth-order valence-electron chi connectivity index (χ4n) is 2.56. The molecule has 0 unspecified atom stereocenters. The van der Waals surface area contributed by atoms with Crippen molar-refractivity contribution in [1.29, 1.82) is 0 Å². The van der Waals surface area contributed by atoms with Crippen molar-refractivity contribution in [2.75, 3.05) is 25.1 Å². The van der Waals surface area contributed by atoms with Gasteiger partial charge < -0.3 is 15.2 Å². The predicted octanol–water partition coefficient (Wildman–Crippen LogP) is 2.43. The van der Waals surface area contributed by atoms with Crippen molar-refractivity contribution >= 4 is 41.7 Å². The summed E-state index contributed by atoms with van der Waals surface area (Å²) in [5.74, 6) is 4.20. The van der Waals surface area contributed by atoms with Crippen LogP contribution < -0.4 is 10.6 Å². The Kier molecular flexibility index (Phi) is 10.7. The summed E-state index contributed by atoms with van der Waals surface area (Å²) < 4.78 is 2.23. The summed E-state index contributed by atoms with van der Waals surface area (Å²) in [4.78, 5) is 4.65. The Morgan fingerprint density at radius 2 is 2.13 bits per heavy atom. The van der Waals surface area contributed by atoms with Crippen LogP contribution in [0.1, 0.15) is 44.3 Å². The first-order chi connectivity index (χ1) is 10.8.